The van der Waals surface area contributed by atoms with Crippen molar-refractivity contribution in [3.8, 4) is 0 Å². The number of halogens is 1. The zero-order valence-electron chi connectivity index (χ0n) is 15.6. The van der Waals surface area contributed by atoms with Gasteiger partial charge in [0.25, 0.3) is 0 Å². The van der Waals surface area contributed by atoms with Crippen molar-refractivity contribution in [3.05, 3.63) is 0 Å². The average molecular weight is 348 g/mol. The molecule has 0 aromatic carbocycles. The van der Waals surface area contributed by atoms with Gasteiger partial charge < -0.3 is 21.6 Å². The van der Waals surface area contributed by atoms with Gasteiger partial charge in [0.2, 0.25) is 0 Å². The van der Waals surface area contributed by atoms with Gasteiger partial charge in [0.05, 0.1) is 27.2 Å². The van der Waals surface area contributed by atoms with Crippen molar-refractivity contribution in [3.63, 3.8) is 0 Å². The van der Waals surface area contributed by atoms with Crippen LogP contribution in [0.15, 0.2) is 0 Å². The second kappa shape index (κ2) is 13.1. The topological polar surface area (TPSA) is 26.3 Å². The van der Waals surface area contributed by atoms with E-state index in [0.29, 0.717) is 6.61 Å². The molecule has 1 aliphatic heterocycles. The SMILES string of the molecule is CCCCCCCCCCCCOC(=O)C1CCC[N+]1(C)C.[Cl-]. The van der Waals surface area contributed by atoms with Crippen LogP contribution in [-0.2, 0) is 9.53 Å². The van der Waals surface area contributed by atoms with Crippen molar-refractivity contribution in [2.75, 3.05) is 27.2 Å². The lowest BCUT2D eigenvalue weighted by molar-refractivity contribution is -0.893. The van der Waals surface area contributed by atoms with E-state index in [0.717, 1.165) is 30.3 Å². The lowest BCUT2D eigenvalue weighted by atomic mass is 10.1. The van der Waals surface area contributed by atoms with Gasteiger partial charge in [-0.1, -0.05) is 64.7 Å². The van der Waals surface area contributed by atoms with Crippen molar-refractivity contribution < 1.29 is 26.4 Å². The average Bonchev–Trinajstić information content (AvgIpc) is 2.84. The van der Waals surface area contributed by atoms with Gasteiger partial charge in [-0.2, -0.15) is 0 Å². The second-order valence-electron chi connectivity index (χ2n) is 7.51. The third-order valence-corrected chi connectivity index (χ3v) is 5.07. The summed E-state index contributed by atoms with van der Waals surface area (Å²) in [6.07, 6.45) is 15.3. The van der Waals surface area contributed by atoms with E-state index in [2.05, 4.69) is 21.0 Å². The molecule has 1 heterocycles. The summed E-state index contributed by atoms with van der Waals surface area (Å²) in [5, 5.41) is 0. The predicted molar refractivity (Wildman–Crippen MR) is 92.8 cm³/mol. The molecule has 138 valence electrons. The zero-order valence-corrected chi connectivity index (χ0v) is 16.4. The molecule has 0 amide bonds. The molecule has 1 saturated heterocycles. The number of rotatable bonds is 12. The number of nitrogens with zero attached hydrogens (tertiary/aromatic N) is 1. The molecule has 1 aliphatic rings. The van der Waals surface area contributed by atoms with E-state index in [4.69, 9.17) is 4.74 Å². The summed E-state index contributed by atoms with van der Waals surface area (Å²) in [7, 11) is 4.28. The third-order valence-electron chi connectivity index (χ3n) is 5.07. The van der Waals surface area contributed by atoms with Gasteiger partial charge in [0.15, 0.2) is 6.04 Å². The molecule has 3 nitrogen and oxygen atoms in total. The first-order valence-corrected chi connectivity index (χ1v) is 9.57. The fourth-order valence-corrected chi connectivity index (χ4v) is 3.46. The van der Waals surface area contributed by atoms with Crippen LogP contribution in [0.1, 0.15) is 84.0 Å². The normalized spacial score (nSPS) is 19.3. The van der Waals surface area contributed by atoms with Crippen molar-refractivity contribution in [1.29, 1.82) is 0 Å². The number of unbranched alkanes of at least 4 members (excludes halogenated alkanes) is 9. The maximum absolute atomic E-state index is 12.1. The summed E-state index contributed by atoms with van der Waals surface area (Å²) in [5.41, 5.74) is 0. The number of quaternary nitrogens is 1. The molecule has 0 aromatic rings. The van der Waals surface area contributed by atoms with Crippen LogP contribution in [-0.4, -0.2) is 43.7 Å². The van der Waals surface area contributed by atoms with Gasteiger partial charge in [-0.05, 0) is 6.42 Å². The number of ether oxygens (including phenoxy) is 1. The van der Waals surface area contributed by atoms with Gasteiger partial charge >= 0.3 is 5.97 Å². The molecule has 4 heteroatoms. The first-order chi connectivity index (χ1) is 10.6. The first kappa shape index (κ1) is 22.7. The lowest BCUT2D eigenvalue weighted by Gasteiger charge is -2.29. The van der Waals surface area contributed by atoms with Crippen LogP contribution in [0.3, 0.4) is 0 Å². The zero-order chi connectivity index (χ0) is 16.3. The highest BCUT2D eigenvalue weighted by molar-refractivity contribution is 5.74. The minimum Gasteiger partial charge on any atom is -1.00 e. The highest BCUT2D eigenvalue weighted by Crippen LogP contribution is 2.23. The van der Waals surface area contributed by atoms with Crippen LogP contribution in [0.2, 0.25) is 0 Å². The minimum absolute atomic E-state index is 0. The van der Waals surface area contributed by atoms with E-state index in [-0.39, 0.29) is 24.4 Å². The van der Waals surface area contributed by atoms with Gasteiger partial charge in [0, 0.05) is 12.8 Å². The number of likely N-dealkylation sites (tertiary alicyclic amines) is 1. The molecule has 1 atom stereocenters. The number of esters is 1. The molecule has 0 N–H and O–H groups in total. The molecular weight excluding hydrogens is 310 g/mol. The Morgan fingerprint density at radius 3 is 1.96 bits per heavy atom. The van der Waals surface area contributed by atoms with Crippen LogP contribution < -0.4 is 12.4 Å². The van der Waals surface area contributed by atoms with Crippen molar-refractivity contribution in [2.24, 2.45) is 0 Å². The third kappa shape index (κ3) is 9.56. The summed E-state index contributed by atoms with van der Waals surface area (Å²) in [4.78, 5) is 12.1. The Morgan fingerprint density at radius 1 is 0.957 bits per heavy atom. The lowest BCUT2D eigenvalue weighted by Crippen LogP contribution is -3.00. The number of carbonyl (C=O) groups excluding carboxylic acids is 1. The molecule has 0 radical (unpaired) electrons. The highest BCUT2D eigenvalue weighted by Gasteiger charge is 2.40. The largest absolute Gasteiger partial charge is 1.00 e. The summed E-state index contributed by atoms with van der Waals surface area (Å²) in [6, 6.07) is 0.0723. The summed E-state index contributed by atoms with van der Waals surface area (Å²) in [5.74, 6) is 0.0263. The Hall–Kier alpha value is -0.280. The predicted octanol–water partition coefficient (Wildman–Crippen LogP) is 1.69. The smallest absolute Gasteiger partial charge is 0.364 e. The fraction of sp³-hybridized carbons (Fsp3) is 0.947. The van der Waals surface area contributed by atoms with Crippen molar-refractivity contribution in [2.45, 2.75) is 90.0 Å². The van der Waals surface area contributed by atoms with Crippen LogP contribution in [0, 0.1) is 0 Å². The number of carbonyl (C=O) groups is 1. The van der Waals surface area contributed by atoms with Crippen molar-refractivity contribution >= 4 is 5.97 Å². The minimum atomic E-state index is 0. The van der Waals surface area contributed by atoms with Crippen LogP contribution >= 0.6 is 0 Å². The molecule has 0 saturated carbocycles. The Morgan fingerprint density at radius 2 is 1.48 bits per heavy atom. The molecule has 1 unspecified atom stereocenters. The van der Waals surface area contributed by atoms with Crippen LogP contribution in [0.4, 0.5) is 0 Å². The molecule has 23 heavy (non-hydrogen) atoms. The number of likely N-dealkylation sites (N-methyl/N-ethyl adjacent to an activating group) is 1. The van der Waals surface area contributed by atoms with Gasteiger partial charge in [-0.25, -0.2) is 4.79 Å². The standard InChI is InChI=1S/C19H38NO2.ClH/c1-4-5-6-7-8-9-10-11-12-13-17-22-19(21)18-15-14-16-20(18,2)3;/h18H,4-17H2,1-3H3;1H/q+1;/p-1. The van der Waals surface area contributed by atoms with Crippen LogP contribution in [0.5, 0.6) is 0 Å². The summed E-state index contributed by atoms with van der Waals surface area (Å²) >= 11 is 0. The van der Waals surface area contributed by atoms with Gasteiger partial charge in [-0.15, -0.1) is 0 Å². The van der Waals surface area contributed by atoms with E-state index < -0.39 is 0 Å². The Labute approximate surface area is 150 Å². The second-order valence-corrected chi connectivity index (χ2v) is 7.51. The van der Waals surface area contributed by atoms with Crippen molar-refractivity contribution in [1.82, 2.24) is 0 Å². The Balaban J connectivity index is 0.00000484. The molecule has 1 rings (SSSR count). The quantitative estimate of drug-likeness (QED) is 0.305. The summed E-state index contributed by atoms with van der Waals surface area (Å²) in [6.45, 7) is 3.98. The van der Waals surface area contributed by atoms with E-state index in [1.807, 2.05) is 0 Å². The van der Waals surface area contributed by atoms with Crippen LogP contribution in [0.25, 0.3) is 0 Å². The molecule has 0 aromatic heterocycles. The van der Waals surface area contributed by atoms with Gasteiger partial charge in [0.1, 0.15) is 0 Å². The monoisotopic (exact) mass is 347 g/mol. The van der Waals surface area contributed by atoms with E-state index in [9.17, 15) is 4.79 Å². The molecule has 0 spiro atoms. The fourth-order valence-electron chi connectivity index (χ4n) is 3.46. The van der Waals surface area contributed by atoms with E-state index in [1.54, 1.807) is 0 Å². The van der Waals surface area contributed by atoms with E-state index in [1.165, 1.54) is 57.8 Å². The highest BCUT2D eigenvalue weighted by atomic mass is 35.5. The molecular formula is C19H38ClNO2. The maximum atomic E-state index is 12.1. The maximum Gasteiger partial charge on any atom is 0.364 e. The molecule has 1 fully saturated rings. The van der Waals surface area contributed by atoms with Gasteiger partial charge in [-0.3, -0.25) is 0 Å². The number of hydrogen-bond acceptors (Lipinski definition) is 2. The summed E-state index contributed by atoms with van der Waals surface area (Å²) < 4.78 is 6.28. The molecule has 0 aliphatic carbocycles. The first-order valence-electron chi connectivity index (χ1n) is 9.57. The Kier molecular flexibility index (Phi) is 12.9. The Bertz CT molecular complexity index is 308. The van der Waals surface area contributed by atoms with E-state index >= 15 is 0 Å². The molecule has 0 bridgehead atoms. The number of hydrogen-bond donors (Lipinski definition) is 0.